The Morgan fingerprint density at radius 1 is 1.29 bits per heavy atom. The molecule has 0 spiro atoms. The van der Waals surface area contributed by atoms with Crippen molar-refractivity contribution in [2.75, 3.05) is 6.61 Å². The molecule has 0 atom stereocenters. The topological polar surface area (TPSA) is 70.1 Å². The number of imidazole rings is 1. The van der Waals surface area contributed by atoms with E-state index in [-0.39, 0.29) is 11.9 Å². The standard InChI is InChI=1S/C23H25FN6O/c1-14(2)30-23(26-16(4)28-30)20-13-29-8-9-31-21-11-17(6-7-19(21)22(29)27-20)18(12-25-5)10-15(3)24/h6-7,10-14H,5,8-9H2,1-4H3/b15-10+,18-12+. The van der Waals surface area contributed by atoms with Crippen LogP contribution in [0.5, 0.6) is 5.75 Å². The van der Waals surface area contributed by atoms with Crippen LogP contribution in [-0.2, 0) is 6.54 Å². The number of halogens is 1. The summed E-state index contributed by atoms with van der Waals surface area (Å²) in [6.45, 7) is 12.0. The molecule has 4 rings (SSSR count). The second-order valence-electron chi connectivity index (χ2n) is 7.72. The molecule has 1 aliphatic heterocycles. The molecule has 0 saturated carbocycles. The molecular formula is C23H25FN6O. The highest BCUT2D eigenvalue weighted by molar-refractivity contribution is 5.79. The van der Waals surface area contributed by atoms with Crippen molar-refractivity contribution >= 4 is 12.3 Å². The highest BCUT2D eigenvalue weighted by Gasteiger charge is 2.22. The van der Waals surface area contributed by atoms with E-state index in [1.807, 2.05) is 36.0 Å². The third-order valence-corrected chi connectivity index (χ3v) is 4.96. The molecule has 0 bridgehead atoms. The van der Waals surface area contributed by atoms with Gasteiger partial charge in [-0.3, -0.25) is 4.99 Å². The number of fused-ring (bicyclic) bond motifs is 3. The van der Waals surface area contributed by atoms with Gasteiger partial charge in [0, 0.05) is 24.0 Å². The molecule has 3 aromatic rings. The summed E-state index contributed by atoms with van der Waals surface area (Å²) in [6.07, 6.45) is 4.95. The fourth-order valence-electron chi connectivity index (χ4n) is 3.64. The largest absolute Gasteiger partial charge is 0.491 e. The second-order valence-corrected chi connectivity index (χ2v) is 7.72. The number of ether oxygens (including phenoxy) is 1. The van der Waals surface area contributed by atoms with E-state index in [1.165, 1.54) is 19.2 Å². The van der Waals surface area contributed by atoms with Gasteiger partial charge in [-0.25, -0.2) is 19.0 Å². The van der Waals surface area contributed by atoms with Crippen molar-refractivity contribution in [3.05, 3.63) is 53.9 Å². The van der Waals surface area contributed by atoms with Gasteiger partial charge in [0.1, 0.15) is 29.7 Å². The van der Waals surface area contributed by atoms with Crippen LogP contribution in [0.15, 0.2) is 47.5 Å². The second kappa shape index (κ2) is 8.29. The van der Waals surface area contributed by atoms with Crippen LogP contribution in [0.3, 0.4) is 0 Å². The minimum absolute atomic E-state index is 0.173. The molecule has 31 heavy (non-hydrogen) atoms. The van der Waals surface area contributed by atoms with Gasteiger partial charge in [-0.2, -0.15) is 5.10 Å². The van der Waals surface area contributed by atoms with Gasteiger partial charge in [-0.1, -0.05) is 6.07 Å². The van der Waals surface area contributed by atoms with Crippen molar-refractivity contribution in [3.8, 4) is 28.7 Å². The van der Waals surface area contributed by atoms with Gasteiger partial charge >= 0.3 is 0 Å². The summed E-state index contributed by atoms with van der Waals surface area (Å²) in [5.41, 5.74) is 3.05. The third-order valence-electron chi connectivity index (χ3n) is 4.96. The van der Waals surface area contributed by atoms with Crippen molar-refractivity contribution < 1.29 is 9.13 Å². The van der Waals surface area contributed by atoms with Gasteiger partial charge in [0.25, 0.3) is 0 Å². The summed E-state index contributed by atoms with van der Waals surface area (Å²) in [5.74, 6) is 2.64. The number of hydrogen-bond acceptors (Lipinski definition) is 5. The normalized spacial score (nSPS) is 14.1. The van der Waals surface area contributed by atoms with Crippen LogP contribution in [0, 0.1) is 6.92 Å². The number of nitrogens with zero attached hydrogens (tertiary/aromatic N) is 6. The zero-order chi connectivity index (χ0) is 22.1. The number of aromatic nitrogens is 5. The van der Waals surface area contributed by atoms with E-state index in [0.29, 0.717) is 30.3 Å². The summed E-state index contributed by atoms with van der Waals surface area (Å²) in [4.78, 5) is 13.3. The summed E-state index contributed by atoms with van der Waals surface area (Å²) < 4.78 is 23.5. The highest BCUT2D eigenvalue weighted by atomic mass is 19.1. The summed E-state index contributed by atoms with van der Waals surface area (Å²) >= 11 is 0. The van der Waals surface area contributed by atoms with E-state index in [9.17, 15) is 4.39 Å². The zero-order valence-corrected chi connectivity index (χ0v) is 18.1. The van der Waals surface area contributed by atoms with Crippen molar-refractivity contribution in [2.24, 2.45) is 4.99 Å². The van der Waals surface area contributed by atoms with Gasteiger partial charge < -0.3 is 9.30 Å². The Hall–Kier alpha value is -3.55. The Kier molecular flexibility index (Phi) is 5.54. The van der Waals surface area contributed by atoms with Crippen molar-refractivity contribution in [2.45, 2.75) is 40.3 Å². The van der Waals surface area contributed by atoms with Crippen LogP contribution >= 0.6 is 0 Å². The van der Waals surface area contributed by atoms with Gasteiger partial charge in [0.2, 0.25) is 0 Å². The Bertz CT molecular complexity index is 1200. The molecule has 1 aromatic carbocycles. The Morgan fingerprint density at radius 3 is 2.81 bits per heavy atom. The summed E-state index contributed by atoms with van der Waals surface area (Å²) in [7, 11) is 0. The fraction of sp³-hybridized carbons (Fsp3) is 0.304. The van der Waals surface area contributed by atoms with Crippen LogP contribution in [0.2, 0.25) is 0 Å². The van der Waals surface area contributed by atoms with Crippen molar-refractivity contribution in [1.82, 2.24) is 24.3 Å². The lowest BCUT2D eigenvalue weighted by Gasteiger charge is -2.10. The number of allylic oxidation sites excluding steroid dienone is 3. The van der Waals surface area contributed by atoms with Crippen LogP contribution < -0.4 is 4.74 Å². The van der Waals surface area contributed by atoms with Crippen LogP contribution in [0.25, 0.3) is 28.5 Å². The van der Waals surface area contributed by atoms with Crippen LogP contribution in [-0.4, -0.2) is 37.6 Å². The minimum Gasteiger partial charge on any atom is -0.491 e. The maximum atomic E-state index is 13.5. The molecule has 0 N–H and O–H groups in total. The first-order valence-electron chi connectivity index (χ1n) is 10.2. The molecule has 3 heterocycles. The molecule has 0 radical (unpaired) electrons. The molecule has 8 heteroatoms. The molecule has 2 aromatic heterocycles. The Morgan fingerprint density at radius 2 is 2.10 bits per heavy atom. The maximum absolute atomic E-state index is 13.5. The van der Waals surface area contributed by atoms with E-state index < -0.39 is 0 Å². The SMILES string of the molecule is C=N/C=C(\C=C(/C)F)c1ccc2c(c1)OCCn1cc(-c3nc(C)nn3C(C)C)nc1-2. The molecule has 1 aliphatic rings. The van der Waals surface area contributed by atoms with Crippen molar-refractivity contribution in [3.63, 3.8) is 0 Å². The number of rotatable bonds is 5. The quantitative estimate of drug-likeness (QED) is 0.430. The molecular weight excluding hydrogens is 395 g/mol. The van der Waals surface area contributed by atoms with E-state index in [0.717, 1.165) is 28.5 Å². The zero-order valence-electron chi connectivity index (χ0n) is 18.1. The summed E-state index contributed by atoms with van der Waals surface area (Å²) in [6, 6.07) is 5.90. The first-order valence-corrected chi connectivity index (χ1v) is 10.2. The number of aryl methyl sites for hydroxylation is 1. The first kappa shape index (κ1) is 20.7. The fourth-order valence-corrected chi connectivity index (χ4v) is 3.64. The average molecular weight is 420 g/mol. The van der Waals surface area contributed by atoms with Crippen molar-refractivity contribution in [1.29, 1.82) is 0 Å². The van der Waals surface area contributed by atoms with E-state index >= 15 is 0 Å². The molecule has 160 valence electrons. The van der Waals surface area contributed by atoms with Gasteiger partial charge in [0.15, 0.2) is 5.82 Å². The molecule has 0 unspecified atom stereocenters. The lowest BCUT2D eigenvalue weighted by Crippen LogP contribution is -2.06. The number of benzene rings is 1. The lowest BCUT2D eigenvalue weighted by molar-refractivity contribution is 0.306. The van der Waals surface area contributed by atoms with Gasteiger partial charge in [0.05, 0.1) is 17.9 Å². The molecule has 0 amide bonds. The number of hydrogen-bond donors (Lipinski definition) is 0. The van der Waals surface area contributed by atoms with Gasteiger partial charge in [-0.05, 0) is 58.2 Å². The first-order chi connectivity index (χ1) is 14.9. The Labute approximate surface area is 180 Å². The molecule has 0 saturated heterocycles. The highest BCUT2D eigenvalue weighted by Crippen LogP contribution is 2.36. The van der Waals surface area contributed by atoms with E-state index in [2.05, 4.69) is 40.2 Å². The molecule has 0 aliphatic carbocycles. The predicted octanol–water partition coefficient (Wildman–Crippen LogP) is 5.01. The van der Waals surface area contributed by atoms with Crippen LogP contribution in [0.4, 0.5) is 4.39 Å². The van der Waals surface area contributed by atoms with Gasteiger partial charge in [-0.15, -0.1) is 0 Å². The predicted molar refractivity (Wildman–Crippen MR) is 120 cm³/mol. The maximum Gasteiger partial charge on any atom is 0.178 e. The third kappa shape index (κ3) is 4.05. The lowest BCUT2D eigenvalue weighted by atomic mass is 10.0. The van der Waals surface area contributed by atoms with E-state index in [1.54, 1.807) is 0 Å². The van der Waals surface area contributed by atoms with E-state index in [4.69, 9.17) is 9.72 Å². The monoisotopic (exact) mass is 420 g/mol. The average Bonchev–Trinajstić information content (AvgIpc) is 3.27. The molecule has 7 nitrogen and oxygen atoms in total. The minimum atomic E-state index is -0.310. The smallest absolute Gasteiger partial charge is 0.178 e. The molecule has 0 fully saturated rings. The van der Waals surface area contributed by atoms with Crippen LogP contribution in [0.1, 0.15) is 38.2 Å². The summed E-state index contributed by atoms with van der Waals surface area (Å²) in [5, 5.41) is 4.50. The Balaban J connectivity index is 1.80. The number of aliphatic imine (C=N–C) groups is 1.